The maximum Gasteiger partial charge on any atom is 0.331 e. The van der Waals surface area contributed by atoms with Crippen molar-refractivity contribution in [1.82, 2.24) is 10.6 Å². The van der Waals surface area contributed by atoms with Crippen LogP contribution in [0.2, 0.25) is 0 Å². The molecule has 1 aliphatic rings. The van der Waals surface area contributed by atoms with Crippen LogP contribution in [0.1, 0.15) is 43.7 Å². The normalized spacial score (nSPS) is 19.8. The van der Waals surface area contributed by atoms with Crippen LogP contribution in [0.25, 0.3) is 6.08 Å². The summed E-state index contributed by atoms with van der Waals surface area (Å²) in [4.78, 5) is 35.3. The molecule has 0 saturated heterocycles. The first-order valence-corrected chi connectivity index (χ1v) is 8.96. The first-order chi connectivity index (χ1) is 12.5. The van der Waals surface area contributed by atoms with E-state index >= 15 is 0 Å². The van der Waals surface area contributed by atoms with Gasteiger partial charge in [-0.1, -0.05) is 44.0 Å². The van der Waals surface area contributed by atoms with Gasteiger partial charge >= 0.3 is 12.0 Å². The van der Waals surface area contributed by atoms with Crippen molar-refractivity contribution in [2.75, 3.05) is 6.61 Å². The molecule has 0 bridgehead atoms. The maximum absolute atomic E-state index is 11.9. The first-order valence-electron chi connectivity index (χ1n) is 8.96. The molecule has 0 unspecified atom stereocenters. The van der Waals surface area contributed by atoms with Crippen LogP contribution >= 0.6 is 0 Å². The van der Waals surface area contributed by atoms with Gasteiger partial charge in [0, 0.05) is 12.1 Å². The molecule has 1 saturated carbocycles. The minimum atomic E-state index is -0.649. The number of nitrogens with one attached hydrogen (secondary N) is 2. The third-order valence-electron chi connectivity index (χ3n) is 4.61. The summed E-state index contributed by atoms with van der Waals surface area (Å²) in [5.74, 6) is -0.887. The van der Waals surface area contributed by atoms with Crippen LogP contribution in [0.15, 0.2) is 30.3 Å². The molecule has 26 heavy (non-hydrogen) atoms. The van der Waals surface area contributed by atoms with Crippen LogP contribution in [-0.2, 0) is 14.3 Å². The van der Waals surface area contributed by atoms with Crippen LogP contribution in [0.5, 0.6) is 0 Å². The summed E-state index contributed by atoms with van der Waals surface area (Å²) in [7, 11) is 0. The number of carbonyl (C=O) groups excluding carboxylic acids is 3. The van der Waals surface area contributed by atoms with E-state index in [0.29, 0.717) is 5.92 Å². The van der Waals surface area contributed by atoms with Crippen LogP contribution in [0.4, 0.5) is 4.79 Å². The number of imide groups is 1. The van der Waals surface area contributed by atoms with E-state index in [9.17, 15) is 14.4 Å². The highest BCUT2D eigenvalue weighted by Gasteiger charge is 2.23. The summed E-state index contributed by atoms with van der Waals surface area (Å²) in [6.07, 6.45) is 7.14. The van der Waals surface area contributed by atoms with Crippen LogP contribution in [0.3, 0.4) is 0 Å². The van der Waals surface area contributed by atoms with Crippen LogP contribution in [-0.4, -0.2) is 30.6 Å². The number of benzene rings is 1. The average molecular weight is 358 g/mol. The lowest BCUT2D eigenvalue weighted by molar-refractivity contribution is -0.143. The van der Waals surface area contributed by atoms with Crippen LogP contribution in [0, 0.1) is 12.8 Å². The molecule has 6 heteroatoms. The highest BCUT2D eigenvalue weighted by atomic mass is 16.5. The number of hydrogen-bond acceptors (Lipinski definition) is 4. The number of carbonyl (C=O) groups is 3. The van der Waals surface area contributed by atoms with Crippen molar-refractivity contribution in [2.45, 2.75) is 45.6 Å². The van der Waals surface area contributed by atoms with E-state index in [4.69, 9.17) is 4.74 Å². The zero-order valence-corrected chi connectivity index (χ0v) is 15.3. The van der Waals surface area contributed by atoms with Crippen molar-refractivity contribution in [3.05, 3.63) is 41.5 Å². The van der Waals surface area contributed by atoms with Gasteiger partial charge in [-0.3, -0.25) is 10.1 Å². The average Bonchev–Trinajstić information content (AvgIpc) is 2.61. The lowest BCUT2D eigenvalue weighted by Gasteiger charge is -2.29. The summed E-state index contributed by atoms with van der Waals surface area (Å²) >= 11 is 0. The predicted molar refractivity (Wildman–Crippen MR) is 99.3 cm³/mol. The standard InChI is InChI=1S/C20H26N2O4/c1-14-7-3-5-9-16(14)11-12-19(24)26-13-18(23)22-20(25)21-17-10-6-4-8-15(17)2/h3,5,7,9,11-12,15,17H,4,6,8,10,13H2,1-2H3,(H2,21,22,23,25)/b12-11+/t15-,17+/m0/s1. The Morgan fingerprint density at radius 2 is 1.92 bits per heavy atom. The third-order valence-corrected chi connectivity index (χ3v) is 4.61. The molecule has 1 aliphatic carbocycles. The Labute approximate surface area is 154 Å². The van der Waals surface area contributed by atoms with Crippen molar-refractivity contribution < 1.29 is 19.1 Å². The van der Waals surface area contributed by atoms with Gasteiger partial charge in [-0.2, -0.15) is 0 Å². The van der Waals surface area contributed by atoms with Gasteiger partial charge in [0.15, 0.2) is 6.61 Å². The summed E-state index contributed by atoms with van der Waals surface area (Å²) in [5, 5.41) is 5.01. The van der Waals surface area contributed by atoms with E-state index in [1.54, 1.807) is 6.08 Å². The molecule has 2 N–H and O–H groups in total. The van der Waals surface area contributed by atoms with E-state index in [2.05, 4.69) is 17.6 Å². The van der Waals surface area contributed by atoms with Gasteiger partial charge in [0.2, 0.25) is 0 Å². The zero-order chi connectivity index (χ0) is 18.9. The Hall–Kier alpha value is -2.63. The topological polar surface area (TPSA) is 84.5 Å². The SMILES string of the molecule is Cc1ccccc1/C=C/C(=O)OCC(=O)NC(=O)N[C@@H]1CCCC[C@@H]1C. The van der Waals surface area contributed by atoms with Gasteiger partial charge in [0.1, 0.15) is 0 Å². The number of ether oxygens (including phenoxy) is 1. The zero-order valence-electron chi connectivity index (χ0n) is 15.3. The lowest BCUT2D eigenvalue weighted by Crippen LogP contribution is -2.48. The highest BCUT2D eigenvalue weighted by molar-refractivity contribution is 5.96. The number of amides is 3. The predicted octanol–water partition coefficient (Wildman–Crippen LogP) is 2.96. The minimum Gasteiger partial charge on any atom is -0.452 e. The molecule has 2 rings (SSSR count). The number of aryl methyl sites for hydroxylation is 1. The Morgan fingerprint density at radius 3 is 2.65 bits per heavy atom. The van der Waals surface area contributed by atoms with Crippen molar-refractivity contribution in [3.63, 3.8) is 0 Å². The Bertz CT molecular complexity index is 684. The van der Waals surface area contributed by atoms with Gasteiger partial charge in [0.25, 0.3) is 5.91 Å². The van der Waals surface area contributed by atoms with E-state index in [1.165, 1.54) is 12.5 Å². The smallest absolute Gasteiger partial charge is 0.331 e. The van der Waals surface area contributed by atoms with Crippen molar-refractivity contribution in [3.8, 4) is 0 Å². The number of esters is 1. The van der Waals surface area contributed by atoms with E-state index in [1.807, 2.05) is 31.2 Å². The number of urea groups is 1. The molecular formula is C20H26N2O4. The first kappa shape index (κ1) is 19.7. The van der Waals surface area contributed by atoms with E-state index in [-0.39, 0.29) is 6.04 Å². The fourth-order valence-electron chi connectivity index (χ4n) is 3.01. The van der Waals surface area contributed by atoms with Gasteiger partial charge < -0.3 is 10.1 Å². The van der Waals surface area contributed by atoms with Crippen molar-refractivity contribution in [2.24, 2.45) is 5.92 Å². The fraction of sp³-hybridized carbons (Fsp3) is 0.450. The molecule has 3 amide bonds. The monoisotopic (exact) mass is 358 g/mol. The fourth-order valence-corrected chi connectivity index (χ4v) is 3.01. The molecule has 140 valence electrons. The number of rotatable bonds is 5. The molecule has 0 aromatic heterocycles. The van der Waals surface area contributed by atoms with Gasteiger partial charge in [0.05, 0.1) is 0 Å². The number of hydrogen-bond donors (Lipinski definition) is 2. The van der Waals surface area contributed by atoms with Crippen LogP contribution < -0.4 is 10.6 Å². The molecule has 0 radical (unpaired) electrons. The Balaban J connectivity index is 1.71. The molecule has 0 aliphatic heterocycles. The molecule has 1 fully saturated rings. The van der Waals surface area contributed by atoms with E-state index < -0.39 is 24.5 Å². The van der Waals surface area contributed by atoms with Crippen molar-refractivity contribution in [1.29, 1.82) is 0 Å². The second-order valence-electron chi connectivity index (χ2n) is 6.69. The molecule has 0 heterocycles. The molecule has 1 aromatic rings. The summed E-state index contributed by atoms with van der Waals surface area (Å²) in [6, 6.07) is 7.13. The van der Waals surface area contributed by atoms with Gasteiger partial charge in [-0.25, -0.2) is 9.59 Å². The minimum absolute atomic E-state index is 0.0798. The second-order valence-corrected chi connectivity index (χ2v) is 6.69. The molecule has 2 atom stereocenters. The summed E-state index contributed by atoms with van der Waals surface area (Å²) in [6.45, 7) is 3.53. The third kappa shape index (κ3) is 6.35. The largest absolute Gasteiger partial charge is 0.452 e. The lowest BCUT2D eigenvalue weighted by atomic mass is 9.86. The maximum atomic E-state index is 11.9. The molecule has 6 nitrogen and oxygen atoms in total. The Kier molecular flexibility index (Phi) is 7.38. The van der Waals surface area contributed by atoms with E-state index in [0.717, 1.165) is 30.4 Å². The molecule has 0 spiro atoms. The van der Waals surface area contributed by atoms with Gasteiger partial charge in [-0.05, 0) is 42.9 Å². The highest BCUT2D eigenvalue weighted by Crippen LogP contribution is 2.23. The second kappa shape index (κ2) is 9.75. The summed E-state index contributed by atoms with van der Waals surface area (Å²) < 4.78 is 4.86. The Morgan fingerprint density at radius 1 is 1.19 bits per heavy atom. The van der Waals surface area contributed by atoms with Crippen molar-refractivity contribution >= 4 is 24.0 Å². The molecule has 1 aromatic carbocycles. The molecular weight excluding hydrogens is 332 g/mol. The quantitative estimate of drug-likeness (QED) is 0.626. The van der Waals surface area contributed by atoms with Gasteiger partial charge in [-0.15, -0.1) is 0 Å². The summed E-state index contributed by atoms with van der Waals surface area (Å²) in [5.41, 5.74) is 1.93.